The van der Waals surface area contributed by atoms with Crippen LogP contribution in [0.4, 0.5) is 0 Å². The molecule has 4 heteroatoms. The monoisotopic (exact) mass is 503 g/mol. The normalized spacial score (nSPS) is 33.4. The van der Waals surface area contributed by atoms with Crippen LogP contribution in [0.2, 0.25) is 13.3 Å². The van der Waals surface area contributed by atoms with Gasteiger partial charge < -0.3 is 0 Å². The predicted molar refractivity (Wildman–Crippen MR) is 119 cm³/mol. The van der Waals surface area contributed by atoms with E-state index in [-0.39, 0.29) is 11.5 Å². The van der Waals surface area contributed by atoms with Gasteiger partial charge in [0.2, 0.25) is 0 Å². The third-order valence-electron chi connectivity index (χ3n) is 8.16. The second-order valence-electron chi connectivity index (χ2n) is 9.90. The van der Waals surface area contributed by atoms with E-state index in [1.165, 1.54) is 90.4 Å². The van der Waals surface area contributed by atoms with Gasteiger partial charge in [-0.1, -0.05) is 0 Å². The fourth-order valence-electron chi connectivity index (χ4n) is 6.74. The van der Waals surface area contributed by atoms with E-state index in [1.54, 1.807) is 0 Å². The van der Waals surface area contributed by atoms with Gasteiger partial charge >= 0.3 is 176 Å². The van der Waals surface area contributed by atoms with Crippen molar-refractivity contribution in [3.63, 3.8) is 0 Å². The molecule has 27 heavy (non-hydrogen) atoms. The van der Waals surface area contributed by atoms with Gasteiger partial charge in [-0.15, -0.1) is 0 Å². The number of carbonyl (C=O) groups excluding carboxylic acids is 1. The number of carbonyl (C=O) groups is 1. The van der Waals surface area contributed by atoms with E-state index in [9.17, 15) is 4.79 Å². The molecule has 4 atom stereocenters. The molecule has 0 aromatic carbocycles. The number of amides is 1. The minimum absolute atomic E-state index is 0.255. The van der Waals surface area contributed by atoms with Crippen molar-refractivity contribution in [1.82, 2.24) is 4.90 Å². The van der Waals surface area contributed by atoms with Gasteiger partial charge in [0.05, 0.1) is 0 Å². The maximum atomic E-state index is 13.1. The Bertz CT molecular complexity index is 505. The van der Waals surface area contributed by atoms with Gasteiger partial charge in [0, 0.05) is 0 Å². The Kier molecular flexibility index (Phi) is 7.89. The Morgan fingerprint density at radius 2 is 1.63 bits per heavy atom. The van der Waals surface area contributed by atoms with Crippen LogP contribution in [0.3, 0.4) is 0 Å². The molecule has 2 aliphatic heterocycles. The number of halogens is 1. The Balaban J connectivity index is 1.61. The van der Waals surface area contributed by atoms with E-state index < -0.39 is 17.3 Å². The fourth-order valence-corrected chi connectivity index (χ4v) is 19.6. The first-order valence-electron chi connectivity index (χ1n) is 12.0. The van der Waals surface area contributed by atoms with Crippen LogP contribution in [-0.4, -0.2) is 39.6 Å². The molecule has 0 bridgehead atoms. The van der Waals surface area contributed by atoms with Crippen molar-refractivity contribution < 1.29 is 4.79 Å². The van der Waals surface area contributed by atoms with Crippen LogP contribution in [0.5, 0.6) is 0 Å². The van der Waals surface area contributed by atoms with Crippen LogP contribution < -0.4 is 0 Å². The average molecular weight is 503 g/mol. The van der Waals surface area contributed by atoms with Crippen molar-refractivity contribution in [2.24, 2.45) is 11.8 Å². The molecule has 2 heterocycles. The first kappa shape index (κ1) is 22.2. The van der Waals surface area contributed by atoms with E-state index in [0.717, 1.165) is 0 Å². The van der Waals surface area contributed by atoms with Crippen LogP contribution in [0.25, 0.3) is 0 Å². The topological polar surface area (TPSA) is 20.3 Å². The molecule has 2 saturated heterocycles. The molecule has 1 amide bonds. The molecular weight excluding hydrogens is 460 g/mol. The van der Waals surface area contributed by atoms with Crippen LogP contribution >= 0.6 is 8.92 Å². The molecule has 3 aliphatic rings. The summed E-state index contributed by atoms with van der Waals surface area (Å²) in [6.45, 7) is 6.80. The molecule has 1 saturated carbocycles. The Hall–Kier alpha value is 0.559. The molecule has 0 aromatic heterocycles. The zero-order chi connectivity index (χ0) is 19.5. The number of unbranched alkanes of at least 4 members (excludes halogenated alkanes) is 2. The molecule has 1 spiro atoms. The van der Waals surface area contributed by atoms with E-state index >= 15 is 0 Å². The molecule has 0 radical (unpaired) electrons. The van der Waals surface area contributed by atoms with Crippen molar-refractivity contribution in [3.05, 3.63) is 0 Å². The Morgan fingerprint density at radius 3 is 2.26 bits per heavy atom. The fraction of sp³-hybridized carbons (Fsp3) is 0.957. The van der Waals surface area contributed by atoms with Crippen molar-refractivity contribution in [2.75, 3.05) is 0 Å². The third kappa shape index (κ3) is 4.52. The van der Waals surface area contributed by atoms with Crippen molar-refractivity contribution in [1.29, 1.82) is 0 Å². The van der Waals surface area contributed by atoms with Crippen LogP contribution in [0, 0.1) is 11.8 Å². The van der Waals surface area contributed by atoms with Gasteiger partial charge in [0.15, 0.2) is 0 Å². The first-order chi connectivity index (χ1) is 13.0. The summed E-state index contributed by atoms with van der Waals surface area (Å²) >= 11 is -2.42. The van der Waals surface area contributed by atoms with Gasteiger partial charge in [-0.2, -0.15) is 0 Å². The summed E-state index contributed by atoms with van der Waals surface area (Å²) in [5.74, 6) is 1.41. The number of hydrogen-bond donors (Lipinski definition) is 0. The molecular formula is C23H42ClNOSn. The summed E-state index contributed by atoms with van der Waals surface area (Å²) < 4.78 is 4.06. The summed E-state index contributed by atoms with van der Waals surface area (Å²) in [5.41, 5.74) is 0.255. The quantitative estimate of drug-likeness (QED) is 0.291. The van der Waals surface area contributed by atoms with Crippen LogP contribution in [0.1, 0.15) is 97.8 Å². The van der Waals surface area contributed by atoms with E-state index in [1.807, 2.05) is 0 Å². The second kappa shape index (κ2) is 9.58. The minimum atomic E-state index is -2.42. The zero-order valence-electron chi connectivity index (χ0n) is 18.1. The summed E-state index contributed by atoms with van der Waals surface area (Å²) in [4.78, 5) is 15.6. The first-order valence-corrected chi connectivity index (χ1v) is 21.7. The number of piperidine rings is 1. The maximum absolute atomic E-state index is 13.1. The standard InChI is InChI=1S/C15H24NO.2C4H9.ClH.Sn/c1-3-6-12-7-4-9-15-10-5-8-13(15)11(2)14(17)16(12)15;2*1-3-4-2;;/h11-13H,1,3-10H2,2H3;2*1,3-4H2,2H3;1H;/q;;;;+1/p-1/t11-,12+,13-,15-;;;;/m1..../s1. The third-order valence-corrected chi connectivity index (χ3v) is 22.7. The summed E-state index contributed by atoms with van der Waals surface area (Å²) in [5, 5.41) is 0. The van der Waals surface area contributed by atoms with Gasteiger partial charge in [0.1, 0.15) is 0 Å². The van der Waals surface area contributed by atoms with E-state index in [2.05, 4.69) is 25.7 Å². The van der Waals surface area contributed by atoms with E-state index in [0.29, 0.717) is 17.9 Å². The van der Waals surface area contributed by atoms with Gasteiger partial charge in [0.25, 0.3) is 0 Å². The van der Waals surface area contributed by atoms with Crippen molar-refractivity contribution in [2.45, 2.75) is 123 Å². The van der Waals surface area contributed by atoms with Crippen LogP contribution in [-0.2, 0) is 4.79 Å². The summed E-state index contributed by atoms with van der Waals surface area (Å²) in [6.07, 6.45) is 15.5. The second-order valence-corrected chi connectivity index (χ2v) is 26.1. The zero-order valence-corrected chi connectivity index (χ0v) is 21.7. The number of hydrogen-bond acceptors (Lipinski definition) is 1. The Morgan fingerprint density at radius 1 is 1.04 bits per heavy atom. The molecule has 0 aromatic rings. The van der Waals surface area contributed by atoms with Crippen molar-refractivity contribution >= 4 is 32.1 Å². The summed E-state index contributed by atoms with van der Waals surface area (Å²) in [6, 6.07) is 0.515. The molecule has 3 fully saturated rings. The SMILES string of the molecule is CCC[CH2][Sn]([Cl])([CH2]CCC)[CH2]CC[C@H]1CCC[C@@]23CCC[C@@H]2[C@@H](C)C(=O)N13. The average Bonchev–Trinajstić information content (AvgIpc) is 3.15. The van der Waals surface area contributed by atoms with Crippen molar-refractivity contribution in [3.8, 4) is 0 Å². The van der Waals surface area contributed by atoms with Gasteiger partial charge in [-0.05, 0) is 0 Å². The molecule has 3 rings (SSSR count). The number of nitrogens with zero attached hydrogens (tertiary/aromatic N) is 1. The molecule has 2 nitrogen and oxygen atoms in total. The molecule has 1 aliphatic carbocycles. The number of rotatable bonds is 10. The summed E-state index contributed by atoms with van der Waals surface area (Å²) in [7, 11) is 7.29. The van der Waals surface area contributed by atoms with Gasteiger partial charge in [-0.25, -0.2) is 0 Å². The van der Waals surface area contributed by atoms with Crippen LogP contribution in [0.15, 0.2) is 0 Å². The Labute approximate surface area is 175 Å². The molecule has 0 N–H and O–H groups in total. The predicted octanol–water partition coefficient (Wildman–Crippen LogP) is 7.12. The van der Waals surface area contributed by atoms with E-state index in [4.69, 9.17) is 8.92 Å². The molecule has 156 valence electrons. The molecule has 0 unspecified atom stereocenters. The van der Waals surface area contributed by atoms with Gasteiger partial charge in [-0.3, -0.25) is 0 Å².